The van der Waals surface area contributed by atoms with E-state index < -0.39 is 5.97 Å². The number of aryl methyl sites for hydroxylation is 1. The van der Waals surface area contributed by atoms with Crippen molar-refractivity contribution in [1.82, 2.24) is 5.16 Å². The van der Waals surface area contributed by atoms with Crippen LogP contribution in [0, 0.1) is 6.92 Å². The summed E-state index contributed by atoms with van der Waals surface area (Å²) in [6, 6.07) is 1.76. The van der Waals surface area contributed by atoms with Crippen molar-refractivity contribution in [3.8, 4) is 0 Å². The van der Waals surface area contributed by atoms with Gasteiger partial charge in [-0.05, 0) is 13.0 Å². The molecule has 0 atom stereocenters. The van der Waals surface area contributed by atoms with Crippen LogP contribution in [0.15, 0.2) is 10.6 Å². The minimum atomic E-state index is -1.07. The number of hydrogen-bond donors (Lipinski definition) is 1. The maximum atomic E-state index is 10.6. The van der Waals surface area contributed by atoms with Crippen LogP contribution in [0.3, 0.4) is 0 Å². The van der Waals surface area contributed by atoms with Crippen molar-refractivity contribution >= 4 is 27.5 Å². The van der Waals surface area contributed by atoms with Gasteiger partial charge in [-0.15, -0.1) is 11.3 Å². The number of carbonyl (C=O) groups is 1. The zero-order chi connectivity index (χ0) is 8.72. The molecule has 0 fully saturated rings. The van der Waals surface area contributed by atoms with E-state index in [1.807, 2.05) is 6.92 Å². The average Bonchev–Trinajstić information content (AvgIpc) is 2.43. The van der Waals surface area contributed by atoms with Crippen LogP contribution in [0.4, 0.5) is 0 Å². The lowest BCUT2D eigenvalue weighted by Crippen LogP contribution is -1.92. The van der Waals surface area contributed by atoms with Crippen molar-refractivity contribution in [1.29, 1.82) is 0 Å². The monoisotopic (exact) mass is 183 g/mol. The largest absolute Gasteiger partial charge is 0.475 e. The molecule has 0 aromatic carbocycles. The lowest BCUT2D eigenvalue weighted by Gasteiger charge is -1.81. The second kappa shape index (κ2) is 2.31. The van der Waals surface area contributed by atoms with E-state index >= 15 is 0 Å². The van der Waals surface area contributed by atoms with Crippen LogP contribution in [-0.4, -0.2) is 16.2 Å². The molecule has 2 aromatic heterocycles. The first kappa shape index (κ1) is 7.30. The minimum Gasteiger partial charge on any atom is -0.475 e. The van der Waals surface area contributed by atoms with E-state index in [0.29, 0.717) is 10.2 Å². The van der Waals surface area contributed by atoms with E-state index in [-0.39, 0.29) is 5.76 Å². The molecule has 12 heavy (non-hydrogen) atoms. The zero-order valence-electron chi connectivity index (χ0n) is 6.20. The first-order valence-electron chi connectivity index (χ1n) is 3.27. The quantitative estimate of drug-likeness (QED) is 0.733. The minimum absolute atomic E-state index is 0.0747. The van der Waals surface area contributed by atoms with Gasteiger partial charge in [0.25, 0.3) is 5.76 Å². The van der Waals surface area contributed by atoms with Gasteiger partial charge < -0.3 is 9.63 Å². The van der Waals surface area contributed by atoms with Crippen LogP contribution in [0.25, 0.3) is 10.2 Å². The molecule has 0 bridgehead atoms. The van der Waals surface area contributed by atoms with Crippen LogP contribution in [0.5, 0.6) is 0 Å². The Morgan fingerprint density at radius 1 is 1.75 bits per heavy atom. The molecule has 0 aliphatic heterocycles. The molecule has 0 radical (unpaired) electrons. The van der Waals surface area contributed by atoms with Gasteiger partial charge in [0.05, 0.1) is 5.39 Å². The summed E-state index contributed by atoms with van der Waals surface area (Å²) in [5.41, 5.74) is 0. The molecular formula is C7H5NO3S. The van der Waals surface area contributed by atoms with Crippen molar-refractivity contribution in [3.63, 3.8) is 0 Å². The van der Waals surface area contributed by atoms with Crippen LogP contribution in [0.2, 0.25) is 0 Å². The topological polar surface area (TPSA) is 63.3 Å². The van der Waals surface area contributed by atoms with Crippen LogP contribution < -0.4 is 0 Å². The molecule has 0 aliphatic carbocycles. The number of fused-ring (bicyclic) bond motifs is 1. The number of thiophene rings is 1. The third-order valence-corrected chi connectivity index (χ3v) is 2.42. The Bertz CT molecular complexity index is 442. The molecule has 0 saturated heterocycles. The van der Waals surface area contributed by atoms with E-state index in [4.69, 9.17) is 5.11 Å². The molecular weight excluding hydrogens is 178 g/mol. The maximum absolute atomic E-state index is 10.6. The molecule has 0 amide bonds. The van der Waals surface area contributed by atoms with Crippen molar-refractivity contribution in [2.75, 3.05) is 0 Å². The fraction of sp³-hybridized carbons (Fsp3) is 0.143. The lowest BCUT2D eigenvalue weighted by atomic mass is 10.3. The highest BCUT2D eigenvalue weighted by atomic mass is 32.1. The predicted octanol–water partition coefficient (Wildman–Crippen LogP) is 1.90. The van der Waals surface area contributed by atoms with E-state index in [1.54, 1.807) is 6.07 Å². The van der Waals surface area contributed by atoms with Gasteiger partial charge in [-0.2, -0.15) is 0 Å². The van der Waals surface area contributed by atoms with Crippen molar-refractivity contribution < 1.29 is 14.4 Å². The number of aromatic carboxylic acids is 1. The van der Waals surface area contributed by atoms with Crippen LogP contribution in [0.1, 0.15) is 15.4 Å². The second-order valence-electron chi connectivity index (χ2n) is 2.39. The van der Waals surface area contributed by atoms with Gasteiger partial charge in [-0.1, -0.05) is 5.16 Å². The van der Waals surface area contributed by atoms with Gasteiger partial charge in [0.15, 0.2) is 4.83 Å². The number of carboxylic acid groups (broad SMARTS) is 1. The third kappa shape index (κ3) is 0.902. The number of rotatable bonds is 1. The number of nitrogens with zero attached hydrogens (tertiary/aromatic N) is 1. The molecule has 0 saturated carbocycles. The first-order valence-corrected chi connectivity index (χ1v) is 4.09. The highest BCUT2D eigenvalue weighted by molar-refractivity contribution is 7.18. The van der Waals surface area contributed by atoms with Crippen LogP contribution >= 0.6 is 11.3 Å². The van der Waals surface area contributed by atoms with Crippen molar-refractivity contribution in [2.45, 2.75) is 6.92 Å². The summed E-state index contributed by atoms with van der Waals surface area (Å²) in [6.45, 7) is 1.90. The fourth-order valence-electron chi connectivity index (χ4n) is 1.02. The summed E-state index contributed by atoms with van der Waals surface area (Å²) < 4.78 is 4.63. The molecule has 62 valence electrons. The smallest absolute Gasteiger partial charge is 0.375 e. The SMILES string of the molecule is Cc1cc2c(C(=O)O)onc2s1. The number of carboxylic acids is 1. The van der Waals surface area contributed by atoms with E-state index in [2.05, 4.69) is 9.68 Å². The normalized spacial score (nSPS) is 10.8. The molecule has 0 aliphatic rings. The third-order valence-electron chi connectivity index (χ3n) is 1.49. The van der Waals surface area contributed by atoms with Gasteiger partial charge >= 0.3 is 5.97 Å². The molecule has 4 nitrogen and oxygen atoms in total. The van der Waals surface area contributed by atoms with Crippen molar-refractivity contribution in [2.24, 2.45) is 0 Å². The Balaban J connectivity index is 2.76. The predicted molar refractivity (Wildman–Crippen MR) is 43.6 cm³/mol. The molecule has 2 aromatic rings. The molecule has 0 spiro atoms. The Morgan fingerprint density at radius 3 is 3.17 bits per heavy atom. The Morgan fingerprint density at radius 2 is 2.50 bits per heavy atom. The van der Waals surface area contributed by atoms with Gasteiger partial charge in [0.2, 0.25) is 0 Å². The summed E-state index contributed by atoms with van der Waals surface area (Å²) in [5, 5.41) is 12.9. The Labute approximate surface area is 71.4 Å². The highest BCUT2D eigenvalue weighted by Crippen LogP contribution is 2.26. The summed E-state index contributed by atoms with van der Waals surface area (Å²) in [7, 11) is 0. The number of aromatic nitrogens is 1. The first-order chi connectivity index (χ1) is 5.68. The lowest BCUT2D eigenvalue weighted by molar-refractivity contribution is 0.0655. The molecule has 0 unspecified atom stereocenters. The van der Waals surface area contributed by atoms with E-state index in [0.717, 1.165) is 4.88 Å². The van der Waals surface area contributed by atoms with Crippen molar-refractivity contribution in [3.05, 3.63) is 16.7 Å². The highest BCUT2D eigenvalue weighted by Gasteiger charge is 2.16. The average molecular weight is 183 g/mol. The van der Waals surface area contributed by atoms with Gasteiger partial charge in [0.1, 0.15) is 0 Å². The van der Waals surface area contributed by atoms with Crippen LogP contribution in [-0.2, 0) is 0 Å². The number of hydrogen-bond acceptors (Lipinski definition) is 4. The standard InChI is InChI=1S/C7H5NO3S/c1-3-2-4-5(7(9)10)11-8-6(4)12-3/h2H,1H3,(H,9,10). The molecule has 2 rings (SSSR count). The summed E-state index contributed by atoms with van der Waals surface area (Å²) >= 11 is 1.42. The Hall–Kier alpha value is -1.36. The van der Waals surface area contributed by atoms with E-state index in [1.165, 1.54) is 11.3 Å². The summed E-state index contributed by atoms with van der Waals surface area (Å²) in [6.07, 6.45) is 0. The second-order valence-corrected chi connectivity index (χ2v) is 3.63. The van der Waals surface area contributed by atoms with Gasteiger partial charge in [0, 0.05) is 4.88 Å². The van der Waals surface area contributed by atoms with E-state index in [9.17, 15) is 4.79 Å². The van der Waals surface area contributed by atoms with Gasteiger partial charge in [-0.25, -0.2) is 4.79 Å². The Kier molecular flexibility index (Phi) is 1.41. The summed E-state index contributed by atoms with van der Waals surface area (Å²) in [4.78, 5) is 12.2. The molecule has 2 heterocycles. The fourth-order valence-corrected chi connectivity index (χ4v) is 1.84. The maximum Gasteiger partial charge on any atom is 0.375 e. The molecule has 1 N–H and O–H groups in total. The van der Waals surface area contributed by atoms with Gasteiger partial charge in [-0.3, -0.25) is 0 Å². The summed E-state index contributed by atoms with van der Waals surface area (Å²) in [5.74, 6) is -1.15. The molecule has 5 heteroatoms. The zero-order valence-corrected chi connectivity index (χ0v) is 7.01.